The zero-order chi connectivity index (χ0) is 14.7. The molecule has 2 aromatic rings. The molecule has 0 aliphatic carbocycles. The third-order valence-electron chi connectivity index (χ3n) is 4.09. The average molecular weight is 299 g/mol. The molecule has 2 atom stereocenters. The number of benzene rings is 2. The van der Waals surface area contributed by atoms with Gasteiger partial charge in [0.2, 0.25) is 8.15 Å². The van der Waals surface area contributed by atoms with Gasteiger partial charge in [0.1, 0.15) is 6.10 Å². The highest BCUT2D eigenvalue weighted by molar-refractivity contribution is 7.53. The van der Waals surface area contributed by atoms with Gasteiger partial charge < -0.3 is 4.52 Å². The SMILES string of the molecule is CC(C)[OH+]P1[C@H](c2ccccc2)CC[C@H]1c1ccccc1. The molecule has 0 bridgehead atoms. The highest BCUT2D eigenvalue weighted by atomic mass is 31.1. The van der Waals surface area contributed by atoms with Crippen LogP contribution in [0, 0.1) is 0 Å². The zero-order valence-corrected chi connectivity index (χ0v) is 13.7. The van der Waals surface area contributed by atoms with Gasteiger partial charge in [0.15, 0.2) is 0 Å². The highest BCUT2D eigenvalue weighted by Gasteiger charge is 2.44. The second-order valence-corrected chi connectivity index (χ2v) is 8.26. The van der Waals surface area contributed by atoms with Crippen molar-refractivity contribution in [3.63, 3.8) is 0 Å². The fourth-order valence-electron chi connectivity index (χ4n) is 3.21. The van der Waals surface area contributed by atoms with E-state index >= 15 is 0 Å². The van der Waals surface area contributed by atoms with Crippen molar-refractivity contribution in [2.24, 2.45) is 0 Å². The van der Waals surface area contributed by atoms with Crippen LogP contribution in [0.1, 0.15) is 49.1 Å². The molecule has 1 N–H and O–H groups in total. The Hall–Kier alpha value is -1.17. The second kappa shape index (κ2) is 6.73. The first kappa shape index (κ1) is 14.8. The van der Waals surface area contributed by atoms with Crippen molar-refractivity contribution < 1.29 is 4.52 Å². The molecular weight excluding hydrogens is 275 g/mol. The molecule has 1 saturated heterocycles. The van der Waals surface area contributed by atoms with Crippen molar-refractivity contribution >= 4 is 8.15 Å². The Bertz CT molecular complexity index is 505. The van der Waals surface area contributed by atoms with Crippen LogP contribution in [-0.4, -0.2) is 10.6 Å². The molecule has 1 aliphatic heterocycles. The number of hydrogen-bond donors (Lipinski definition) is 0. The maximum Gasteiger partial charge on any atom is 0.217 e. The normalized spacial score (nSPS) is 22.8. The van der Waals surface area contributed by atoms with Gasteiger partial charge in [-0.15, -0.1) is 0 Å². The number of hydrogen-bond acceptors (Lipinski definition) is 0. The fourth-order valence-corrected chi connectivity index (χ4v) is 6.29. The summed E-state index contributed by atoms with van der Waals surface area (Å²) in [6, 6.07) is 22.0. The Morgan fingerprint density at radius 1 is 0.810 bits per heavy atom. The van der Waals surface area contributed by atoms with Gasteiger partial charge in [0.05, 0.1) is 11.3 Å². The molecule has 1 heterocycles. The van der Waals surface area contributed by atoms with Crippen LogP contribution in [0.4, 0.5) is 0 Å². The summed E-state index contributed by atoms with van der Waals surface area (Å²) in [6.45, 7) is 4.43. The summed E-state index contributed by atoms with van der Waals surface area (Å²) in [6.07, 6.45) is 2.96. The molecule has 1 fully saturated rings. The zero-order valence-electron chi connectivity index (χ0n) is 12.8. The minimum absolute atomic E-state index is 0.339. The van der Waals surface area contributed by atoms with Gasteiger partial charge in [-0.2, -0.15) is 0 Å². The summed E-state index contributed by atoms with van der Waals surface area (Å²) in [5.41, 5.74) is 4.22. The fraction of sp³-hybridized carbons (Fsp3) is 0.368. The average Bonchev–Trinajstić information content (AvgIpc) is 2.92. The molecule has 0 aromatic heterocycles. The molecule has 0 amide bonds. The summed E-state index contributed by atoms with van der Waals surface area (Å²) in [5.74, 6) is 0. The summed E-state index contributed by atoms with van der Waals surface area (Å²) in [5, 5.41) is 0. The third kappa shape index (κ3) is 3.36. The first-order valence-electron chi connectivity index (χ1n) is 7.84. The molecule has 1 aliphatic rings. The molecule has 1 nitrogen and oxygen atoms in total. The topological polar surface area (TPSA) is 12.8 Å². The van der Waals surface area contributed by atoms with E-state index in [-0.39, 0.29) is 8.15 Å². The van der Waals surface area contributed by atoms with Crippen molar-refractivity contribution in [3.05, 3.63) is 71.8 Å². The van der Waals surface area contributed by atoms with Gasteiger partial charge in [-0.3, -0.25) is 0 Å². The molecule has 21 heavy (non-hydrogen) atoms. The molecule has 0 unspecified atom stereocenters. The Labute approximate surface area is 129 Å². The first-order valence-corrected chi connectivity index (χ1v) is 9.28. The van der Waals surface area contributed by atoms with E-state index < -0.39 is 0 Å². The van der Waals surface area contributed by atoms with Crippen LogP contribution >= 0.6 is 8.15 Å². The van der Waals surface area contributed by atoms with Gasteiger partial charge in [0, 0.05) is 13.8 Å². The first-order chi connectivity index (χ1) is 10.3. The molecule has 110 valence electrons. The number of aliphatic hydroxyl groups is 1. The van der Waals surface area contributed by atoms with Gasteiger partial charge in [0.25, 0.3) is 0 Å². The summed E-state index contributed by atoms with van der Waals surface area (Å²) in [7, 11) is -0.339. The van der Waals surface area contributed by atoms with Crippen LogP contribution in [0.5, 0.6) is 0 Å². The lowest BCUT2D eigenvalue weighted by Gasteiger charge is -2.22. The van der Waals surface area contributed by atoms with E-state index in [2.05, 4.69) is 74.5 Å². The van der Waals surface area contributed by atoms with E-state index in [1.54, 1.807) is 0 Å². The summed E-state index contributed by atoms with van der Waals surface area (Å²) < 4.78 is 5.16. The molecule has 2 aromatic carbocycles. The van der Waals surface area contributed by atoms with Gasteiger partial charge in [-0.05, 0) is 24.0 Å². The monoisotopic (exact) mass is 299 g/mol. The van der Waals surface area contributed by atoms with Crippen LogP contribution in [0.2, 0.25) is 0 Å². The molecule has 3 rings (SSSR count). The van der Waals surface area contributed by atoms with E-state index in [9.17, 15) is 0 Å². The van der Waals surface area contributed by atoms with Crippen LogP contribution in [-0.2, 0) is 0 Å². The molecular formula is C19H24OP+. The van der Waals surface area contributed by atoms with E-state index in [1.165, 1.54) is 24.0 Å². The highest BCUT2D eigenvalue weighted by Crippen LogP contribution is 2.69. The molecule has 0 saturated carbocycles. The van der Waals surface area contributed by atoms with E-state index in [0.717, 1.165) is 0 Å². The second-order valence-electron chi connectivity index (χ2n) is 6.02. The molecule has 0 radical (unpaired) electrons. The van der Waals surface area contributed by atoms with Crippen molar-refractivity contribution in [3.8, 4) is 0 Å². The minimum atomic E-state index is -0.339. The molecule has 0 spiro atoms. The lowest BCUT2D eigenvalue weighted by atomic mass is 10.0. The lowest BCUT2D eigenvalue weighted by Crippen LogP contribution is -2.08. The number of rotatable bonds is 4. The van der Waals surface area contributed by atoms with Crippen molar-refractivity contribution in [2.45, 2.75) is 44.1 Å². The lowest BCUT2D eigenvalue weighted by molar-refractivity contribution is 0.0965. The van der Waals surface area contributed by atoms with Crippen LogP contribution < -0.4 is 0 Å². The van der Waals surface area contributed by atoms with Gasteiger partial charge in [-0.1, -0.05) is 60.7 Å². The van der Waals surface area contributed by atoms with Crippen LogP contribution in [0.25, 0.3) is 0 Å². The quantitative estimate of drug-likeness (QED) is 0.515. The molecule has 2 heteroatoms. The van der Waals surface area contributed by atoms with Crippen LogP contribution in [0.15, 0.2) is 60.7 Å². The third-order valence-corrected chi connectivity index (χ3v) is 7.20. The van der Waals surface area contributed by atoms with Gasteiger partial charge >= 0.3 is 0 Å². The van der Waals surface area contributed by atoms with Crippen molar-refractivity contribution in [1.82, 2.24) is 0 Å². The summed E-state index contributed by atoms with van der Waals surface area (Å²) in [4.78, 5) is 0. The minimum Gasteiger partial charge on any atom is -0.421 e. The Morgan fingerprint density at radius 3 is 1.62 bits per heavy atom. The predicted molar refractivity (Wildman–Crippen MR) is 91.9 cm³/mol. The maximum absolute atomic E-state index is 5.16. The Balaban J connectivity index is 1.89. The summed E-state index contributed by atoms with van der Waals surface area (Å²) >= 11 is 0. The standard InChI is InChI=1S/C19H23OP/c1-15(2)20-21-18(16-9-5-3-6-10-16)13-14-19(21)17-11-7-4-8-12-17/h3-12,15,18-19H,13-14H2,1-2H3/p+1/t18-,19-/m0/s1. The van der Waals surface area contributed by atoms with E-state index in [4.69, 9.17) is 4.52 Å². The van der Waals surface area contributed by atoms with Crippen molar-refractivity contribution in [1.29, 1.82) is 0 Å². The Morgan fingerprint density at radius 2 is 1.24 bits per heavy atom. The Kier molecular flexibility index (Phi) is 4.73. The maximum atomic E-state index is 5.16. The predicted octanol–water partition coefficient (Wildman–Crippen LogP) is 5.60. The van der Waals surface area contributed by atoms with Crippen molar-refractivity contribution in [2.75, 3.05) is 0 Å². The largest absolute Gasteiger partial charge is 0.421 e. The van der Waals surface area contributed by atoms with E-state index in [1.807, 2.05) is 0 Å². The smallest absolute Gasteiger partial charge is 0.217 e. The van der Waals surface area contributed by atoms with E-state index in [0.29, 0.717) is 17.4 Å². The van der Waals surface area contributed by atoms with Crippen LogP contribution in [0.3, 0.4) is 0 Å². The van der Waals surface area contributed by atoms with Gasteiger partial charge in [-0.25, -0.2) is 0 Å².